The van der Waals surface area contributed by atoms with Crippen LogP contribution in [0.1, 0.15) is 51.7 Å². The van der Waals surface area contributed by atoms with Crippen LogP contribution in [0.3, 0.4) is 0 Å². The number of hydrogen-bond donors (Lipinski definition) is 0. The number of hydrogen-bond acceptors (Lipinski definition) is 0. The van der Waals surface area contributed by atoms with Crippen LogP contribution in [0.25, 0.3) is 33.4 Å². The molecule has 0 fully saturated rings. The van der Waals surface area contributed by atoms with Crippen LogP contribution in [-0.2, 0) is 24.7 Å². The van der Waals surface area contributed by atoms with Gasteiger partial charge in [0, 0.05) is 0 Å². The summed E-state index contributed by atoms with van der Waals surface area (Å²) in [6.07, 6.45) is 8.14. The number of fused-ring (bicyclic) bond motifs is 3. The van der Waals surface area contributed by atoms with E-state index in [4.69, 9.17) is 27.4 Å². The minimum atomic E-state index is -5.33. The van der Waals surface area contributed by atoms with Gasteiger partial charge < -0.3 is 0 Å². The molecule has 5 heteroatoms. The van der Waals surface area contributed by atoms with Crippen molar-refractivity contribution in [3.8, 4) is 33.4 Å². The van der Waals surface area contributed by atoms with Crippen LogP contribution in [0.5, 0.6) is 0 Å². The quantitative estimate of drug-likeness (QED) is 0.143. The molecule has 1 atom stereocenters. The maximum absolute atomic E-state index is 6.75. The molecule has 6 aromatic rings. The molecule has 6 aromatic carbocycles. The molecule has 0 nitrogen and oxygen atoms in total. The van der Waals surface area contributed by atoms with Crippen molar-refractivity contribution in [1.29, 1.82) is 0 Å². The molecule has 0 amide bonds. The van der Waals surface area contributed by atoms with Crippen molar-refractivity contribution in [2.45, 2.75) is 47.0 Å². The summed E-state index contributed by atoms with van der Waals surface area (Å²) in [5, 5.41) is 1.46. The molecule has 0 saturated heterocycles. The average Bonchev–Trinajstić information content (AvgIpc) is 3.78. The average molecular weight is 882 g/mol. The van der Waals surface area contributed by atoms with Gasteiger partial charge in [0.1, 0.15) is 0 Å². The molecule has 55 heavy (non-hydrogen) atoms. The Morgan fingerprint density at radius 1 is 0.636 bits per heavy atom. The first-order valence-electron chi connectivity index (χ1n) is 18.9. The molecule has 0 saturated carbocycles. The Kier molecular flexibility index (Phi) is 12.0. The summed E-state index contributed by atoms with van der Waals surface area (Å²) in [7, 11) is 0. The zero-order valence-electron chi connectivity index (χ0n) is 31.9. The summed E-state index contributed by atoms with van der Waals surface area (Å²) in [4.78, 5) is 0. The second-order valence-corrected chi connectivity index (χ2v) is 29.7. The Morgan fingerprint density at radius 2 is 1.16 bits per heavy atom. The Hall–Kier alpha value is -3.29. The fourth-order valence-electron chi connectivity index (χ4n) is 9.36. The molecule has 0 aromatic heterocycles. The number of allylic oxidation sites excluding steroid dienone is 4. The maximum atomic E-state index is 6.75. The first-order valence-corrected chi connectivity index (χ1v) is 26.3. The second-order valence-electron chi connectivity index (χ2n) is 16.1. The first-order chi connectivity index (χ1) is 25.5. The van der Waals surface area contributed by atoms with E-state index in [-0.39, 0.29) is 36.1 Å². The molecular formula is C50H48Cl4Zr. The van der Waals surface area contributed by atoms with Gasteiger partial charge in [-0.25, -0.2) is 0 Å². The Balaban J connectivity index is 0.00000257. The van der Waals surface area contributed by atoms with Crippen LogP contribution in [0, 0.1) is 11.3 Å². The van der Waals surface area contributed by atoms with Gasteiger partial charge >= 0.3 is 329 Å². The third-order valence-electron chi connectivity index (χ3n) is 12.0. The van der Waals surface area contributed by atoms with Crippen LogP contribution in [0.15, 0.2) is 161 Å². The molecule has 0 aliphatic heterocycles. The van der Waals surface area contributed by atoms with E-state index in [0.29, 0.717) is 0 Å². The molecule has 0 spiro atoms. The molecule has 0 radical (unpaired) electrons. The van der Waals surface area contributed by atoms with E-state index < -0.39 is 18.3 Å². The predicted molar refractivity (Wildman–Crippen MR) is 243 cm³/mol. The van der Waals surface area contributed by atoms with E-state index in [2.05, 4.69) is 179 Å². The molecule has 0 N–H and O–H groups in total. The summed E-state index contributed by atoms with van der Waals surface area (Å²) in [5.74, 6) is 0.247. The van der Waals surface area contributed by atoms with E-state index >= 15 is 0 Å². The van der Waals surface area contributed by atoms with Gasteiger partial charge in [-0.3, -0.25) is 0 Å². The fourth-order valence-corrected chi connectivity index (χ4v) is 26.6. The summed E-state index contributed by atoms with van der Waals surface area (Å²) < 4.78 is 11.4. The predicted octanol–water partition coefficient (Wildman–Crippen LogP) is 13.4. The van der Waals surface area contributed by atoms with Gasteiger partial charge in [0.15, 0.2) is 0 Å². The number of halogens is 4. The first kappa shape index (κ1) is 41.3. The fraction of sp³-hybridized carbons (Fsp3) is 0.180. The van der Waals surface area contributed by atoms with Crippen molar-refractivity contribution in [2.75, 3.05) is 0 Å². The van der Waals surface area contributed by atoms with E-state index in [0.717, 1.165) is 29.3 Å². The van der Waals surface area contributed by atoms with Gasteiger partial charge in [-0.2, -0.15) is 0 Å². The van der Waals surface area contributed by atoms with E-state index in [1.165, 1.54) is 63.2 Å². The monoisotopic (exact) mass is 878 g/mol. The molecule has 8 rings (SSSR count). The molecule has 2 aliphatic carbocycles. The third-order valence-corrected chi connectivity index (χ3v) is 28.9. The van der Waals surface area contributed by atoms with Crippen LogP contribution >= 0.6 is 48.0 Å². The van der Waals surface area contributed by atoms with Crippen molar-refractivity contribution in [2.24, 2.45) is 11.3 Å². The van der Waals surface area contributed by atoms with Gasteiger partial charge in [-0.1, -0.05) is 0 Å². The second kappa shape index (κ2) is 15.9. The SMILES string of the molecule is Cl.Cl.[CH2]=[Zr]([C]1=CC(C(C)(C)C)=CC1CCC)([c]1ccc(Cl)cc1)([c]1ccc(Cl)cc1)[c]1c(-c2ccccc2)ccc2c1Cc1cc(-c3ccccc3)ccc1-2. The minimum absolute atomic E-state index is 0. The topological polar surface area (TPSA) is 0 Å². The van der Waals surface area contributed by atoms with Crippen LogP contribution in [-0.4, -0.2) is 4.21 Å². The molecule has 2 aliphatic rings. The summed E-state index contributed by atoms with van der Waals surface area (Å²) >= 11 is 8.17. The van der Waals surface area contributed by atoms with Gasteiger partial charge in [-0.15, -0.1) is 24.8 Å². The van der Waals surface area contributed by atoms with Crippen molar-refractivity contribution in [3.05, 3.63) is 182 Å². The summed E-state index contributed by atoms with van der Waals surface area (Å²) in [5.41, 5.74) is 11.7. The Labute approximate surface area is 350 Å². The zero-order valence-corrected chi connectivity index (χ0v) is 37.5. The number of rotatable bonds is 8. The van der Waals surface area contributed by atoms with Crippen LogP contribution in [0.4, 0.5) is 0 Å². The molecule has 0 heterocycles. The Morgan fingerprint density at radius 3 is 1.71 bits per heavy atom. The van der Waals surface area contributed by atoms with Crippen LogP contribution in [0.2, 0.25) is 10.0 Å². The molecule has 280 valence electrons. The van der Waals surface area contributed by atoms with Gasteiger partial charge in [-0.05, 0) is 0 Å². The van der Waals surface area contributed by atoms with Crippen LogP contribution < -0.4 is 9.81 Å². The molecule has 0 bridgehead atoms. The third kappa shape index (κ3) is 6.94. The Bertz CT molecular complexity index is 2420. The van der Waals surface area contributed by atoms with E-state index in [1.807, 2.05) is 0 Å². The van der Waals surface area contributed by atoms with Crippen molar-refractivity contribution < 1.29 is 18.3 Å². The van der Waals surface area contributed by atoms with E-state index in [1.54, 1.807) is 0 Å². The molecule has 1 unspecified atom stereocenters. The molecular weight excluding hydrogens is 834 g/mol. The summed E-state index contributed by atoms with van der Waals surface area (Å²) in [6.45, 7) is 9.34. The zero-order chi connectivity index (χ0) is 37.0. The van der Waals surface area contributed by atoms with Crippen molar-refractivity contribution in [1.82, 2.24) is 0 Å². The van der Waals surface area contributed by atoms with Gasteiger partial charge in [0.05, 0.1) is 0 Å². The van der Waals surface area contributed by atoms with E-state index in [9.17, 15) is 0 Å². The van der Waals surface area contributed by atoms with Gasteiger partial charge in [0.25, 0.3) is 0 Å². The van der Waals surface area contributed by atoms with Crippen molar-refractivity contribution >= 4 is 62.0 Å². The van der Waals surface area contributed by atoms with Crippen molar-refractivity contribution in [3.63, 3.8) is 0 Å². The standard InChI is InChI=1S/C25H17.C12H19.2C6H4Cl.CH2.2ClH.Zr/c1-3-7-18(8-4-1)20-11-13-24-22(15-20)17-23-16-21(12-14-25(23)24)19-9-5-2-6-10-19;1-5-6-10-7-8-11(9-10)12(2,3)4;2*7-6-4-2-1-3-5-6;;;;/h1-15H,17H2;8-10H,5-6H2,1-4H3;2*2-5H;1H2;2*1H;. The normalized spacial score (nSPS) is 14.9. The van der Waals surface area contributed by atoms with Gasteiger partial charge in [0.2, 0.25) is 0 Å². The summed E-state index contributed by atoms with van der Waals surface area (Å²) in [6, 6.07) is 51.1. The number of benzene rings is 6.